The Kier molecular flexibility index (Phi) is 4.54. The Bertz CT molecular complexity index is 488. The molecule has 0 aromatic heterocycles. The van der Waals surface area contributed by atoms with Crippen LogP contribution < -0.4 is 5.32 Å². The molecular weight excluding hydrogens is 218 g/mol. The van der Waals surface area contributed by atoms with Crippen molar-refractivity contribution in [2.24, 2.45) is 0 Å². The molecule has 0 spiro atoms. The number of nitrogens with one attached hydrogen (secondary N) is 1. The van der Waals surface area contributed by atoms with Gasteiger partial charge in [0.05, 0.1) is 0 Å². The molecule has 0 unspecified atom stereocenters. The minimum atomic E-state index is 0.957. The van der Waals surface area contributed by atoms with Gasteiger partial charge in [0.15, 0.2) is 0 Å². The van der Waals surface area contributed by atoms with Gasteiger partial charge in [0.25, 0.3) is 0 Å². The summed E-state index contributed by atoms with van der Waals surface area (Å²) in [5.41, 5.74) is 5.50. The lowest BCUT2D eigenvalue weighted by Gasteiger charge is -2.08. The van der Waals surface area contributed by atoms with Crippen LogP contribution in [0.15, 0.2) is 48.5 Å². The van der Waals surface area contributed by atoms with Crippen molar-refractivity contribution < 1.29 is 0 Å². The third-order valence-corrected chi connectivity index (χ3v) is 3.25. The first-order chi connectivity index (χ1) is 8.75. The molecule has 0 aliphatic heterocycles. The summed E-state index contributed by atoms with van der Waals surface area (Å²) in [6.45, 7) is 6.30. The predicted octanol–water partition coefficient (Wildman–Crippen LogP) is 3.64. The average Bonchev–Trinajstić information content (AvgIpc) is 2.38. The molecule has 2 rings (SSSR count). The first-order valence-corrected chi connectivity index (χ1v) is 6.56. The second-order valence-electron chi connectivity index (χ2n) is 4.84. The van der Waals surface area contributed by atoms with E-state index in [1.165, 1.54) is 22.3 Å². The molecule has 94 valence electrons. The summed E-state index contributed by atoms with van der Waals surface area (Å²) in [4.78, 5) is 0. The monoisotopic (exact) mass is 239 g/mol. The molecule has 1 nitrogen and oxygen atoms in total. The first-order valence-electron chi connectivity index (χ1n) is 6.56. The fourth-order valence-electron chi connectivity index (χ4n) is 2.14. The van der Waals surface area contributed by atoms with Crippen LogP contribution in [-0.4, -0.2) is 6.54 Å². The van der Waals surface area contributed by atoms with Crippen LogP contribution in [0.4, 0.5) is 0 Å². The van der Waals surface area contributed by atoms with E-state index in [4.69, 9.17) is 0 Å². The van der Waals surface area contributed by atoms with Crippen molar-refractivity contribution in [2.45, 2.75) is 26.8 Å². The molecule has 0 amide bonds. The normalized spacial score (nSPS) is 10.6. The lowest BCUT2D eigenvalue weighted by atomic mass is 10.1. The maximum atomic E-state index is 3.51. The third-order valence-electron chi connectivity index (χ3n) is 3.25. The molecule has 0 saturated heterocycles. The van der Waals surface area contributed by atoms with Gasteiger partial charge < -0.3 is 5.32 Å². The number of rotatable bonds is 5. The average molecular weight is 239 g/mol. The van der Waals surface area contributed by atoms with Gasteiger partial charge in [-0.25, -0.2) is 0 Å². The first kappa shape index (κ1) is 12.8. The lowest BCUT2D eigenvalue weighted by molar-refractivity contribution is 0.684. The zero-order valence-corrected chi connectivity index (χ0v) is 11.2. The van der Waals surface area contributed by atoms with Crippen molar-refractivity contribution in [2.75, 3.05) is 6.54 Å². The van der Waals surface area contributed by atoms with Crippen molar-refractivity contribution >= 4 is 0 Å². The van der Waals surface area contributed by atoms with Crippen molar-refractivity contribution in [1.29, 1.82) is 0 Å². The summed E-state index contributed by atoms with van der Waals surface area (Å²) < 4.78 is 0. The molecule has 0 fully saturated rings. The van der Waals surface area contributed by atoms with Gasteiger partial charge in [0.1, 0.15) is 0 Å². The Balaban J connectivity index is 1.79. The van der Waals surface area contributed by atoms with E-state index in [0.29, 0.717) is 0 Å². The smallest absolute Gasteiger partial charge is 0.0208 e. The summed E-state index contributed by atoms with van der Waals surface area (Å²) in [6, 6.07) is 17.3. The van der Waals surface area contributed by atoms with Gasteiger partial charge >= 0.3 is 0 Å². The van der Waals surface area contributed by atoms with E-state index in [1.807, 2.05) is 0 Å². The van der Waals surface area contributed by atoms with Crippen LogP contribution in [-0.2, 0) is 13.0 Å². The van der Waals surface area contributed by atoms with E-state index in [1.54, 1.807) is 0 Å². The highest BCUT2D eigenvalue weighted by Gasteiger charge is 1.98. The number of hydrogen-bond acceptors (Lipinski definition) is 1. The molecule has 18 heavy (non-hydrogen) atoms. The molecule has 2 aromatic rings. The zero-order chi connectivity index (χ0) is 12.8. The largest absolute Gasteiger partial charge is 0.312 e. The fraction of sp³-hybridized carbons (Fsp3) is 0.294. The second-order valence-corrected chi connectivity index (χ2v) is 4.84. The predicted molar refractivity (Wildman–Crippen MR) is 77.8 cm³/mol. The highest BCUT2D eigenvalue weighted by Crippen LogP contribution is 2.10. The van der Waals surface area contributed by atoms with Gasteiger partial charge in [-0.1, -0.05) is 54.1 Å². The van der Waals surface area contributed by atoms with Crippen LogP contribution in [0.5, 0.6) is 0 Å². The molecule has 0 aliphatic rings. The number of aryl methyl sites for hydroxylation is 2. The maximum absolute atomic E-state index is 3.51. The van der Waals surface area contributed by atoms with E-state index >= 15 is 0 Å². The maximum Gasteiger partial charge on any atom is 0.0208 e. The van der Waals surface area contributed by atoms with Crippen LogP contribution in [0.2, 0.25) is 0 Å². The van der Waals surface area contributed by atoms with Gasteiger partial charge in [-0.2, -0.15) is 0 Å². The summed E-state index contributed by atoms with van der Waals surface area (Å²) in [5, 5.41) is 3.51. The standard InChI is InChI=1S/C17H21N/c1-14-8-9-17(15(2)12-14)13-18-11-10-16-6-4-3-5-7-16/h3-9,12,18H,10-11,13H2,1-2H3. The Hall–Kier alpha value is -1.60. The van der Waals surface area contributed by atoms with E-state index in [0.717, 1.165) is 19.5 Å². The quantitative estimate of drug-likeness (QED) is 0.786. The SMILES string of the molecule is Cc1ccc(CNCCc2ccccc2)c(C)c1. The summed E-state index contributed by atoms with van der Waals surface area (Å²) >= 11 is 0. The van der Waals surface area contributed by atoms with Gasteiger partial charge in [0, 0.05) is 6.54 Å². The topological polar surface area (TPSA) is 12.0 Å². The lowest BCUT2D eigenvalue weighted by Crippen LogP contribution is -2.17. The Morgan fingerprint density at radius 2 is 1.72 bits per heavy atom. The summed E-state index contributed by atoms with van der Waals surface area (Å²) in [7, 11) is 0. The summed E-state index contributed by atoms with van der Waals surface area (Å²) in [6.07, 6.45) is 1.09. The second kappa shape index (κ2) is 6.36. The van der Waals surface area contributed by atoms with Gasteiger partial charge in [0.2, 0.25) is 0 Å². The molecule has 0 saturated carbocycles. The fourth-order valence-corrected chi connectivity index (χ4v) is 2.14. The summed E-state index contributed by atoms with van der Waals surface area (Å²) in [5.74, 6) is 0. The van der Waals surface area contributed by atoms with Gasteiger partial charge in [-0.3, -0.25) is 0 Å². The molecule has 0 heterocycles. The molecule has 2 aromatic carbocycles. The minimum absolute atomic E-state index is 0.957. The van der Waals surface area contributed by atoms with Crippen LogP contribution in [0.3, 0.4) is 0 Å². The van der Waals surface area contributed by atoms with Crippen molar-refractivity contribution in [3.8, 4) is 0 Å². The molecule has 1 heteroatoms. The molecule has 0 radical (unpaired) electrons. The highest BCUT2D eigenvalue weighted by molar-refractivity contribution is 5.30. The Labute approximate surface area is 110 Å². The van der Waals surface area contributed by atoms with Crippen LogP contribution in [0, 0.1) is 13.8 Å². The van der Waals surface area contributed by atoms with E-state index in [9.17, 15) is 0 Å². The molecule has 1 N–H and O–H groups in total. The van der Waals surface area contributed by atoms with Crippen LogP contribution in [0.1, 0.15) is 22.3 Å². The van der Waals surface area contributed by atoms with Crippen molar-refractivity contribution in [3.63, 3.8) is 0 Å². The van der Waals surface area contributed by atoms with E-state index in [2.05, 4.69) is 67.7 Å². The Morgan fingerprint density at radius 3 is 2.44 bits per heavy atom. The van der Waals surface area contributed by atoms with Gasteiger partial charge in [-0.05, 0) is 43.5 Å². The minimum Gasteiger partial charge on any atom is -0.312 e. The highest BCUT2D eigenvalue weighted by atomic mass is 14.8. The zero-order valence-electron chi connectivity index (χ0n) is 11.2. The van der Waals surface area contributed by atoms with Crippen LogP contribution >= 0.6 is 0 Å². The Morgan fingerprint density at radius 1 is 0.944 bits per heavy atom. The molecule has 0 atom stereocenters. The number of hydrogen-bond donors (Lipinski definition) is 1. The third kappa shape index (κ3) is 3.71. The molecule has 0 bridgehead atoms. The van der Waals surface area contributed by atoms with E-state index < -0.39 is 0 Å². The molecule has 0 aliphatic carbocycles. The van der Waals surface area contributed by atoms with Crippen molar-refractivity contribution in [3.05, 3.63) is 70.8 Å². The van der Waals surface area contributed by atoms with Crippen LogP contribution in [0.25, 0.3) is 0 Å². The number of benzene rings is 2. The van der Waals surface area contributed by atoms with Crippen molar-refractivity contribution in [1.82, 2.24) is 5.32 Å². The van der Waals surface area contributed by atoms with E-state index in [-0.39, 0.29) is 0 Å². The molecular formula is C17H21N. The van der Waals surface area contributed by atoms with Gasteiger partial charge in [-0.15, -0.1) is 0 Å².